The van der Waals surface area contributed by atoms with Crippen molar-refractivity contribution in [3.05, 3.63) is 59.1 Å². The Morgan fingerprint density at radius 3 is 2.56 bits per heavy atom. The molecule has 0 fully saturated rings. The lowest BCUT2D eigenvalue weighted by Gasteiger charge is -2.10. The lowest BCUT2D eigenvalue weighted by molar-refractivity contribution is -0.120. The van der Waals surface area contributed by atoms with Gasteiger partial charge in [-0.25, -0.2) is 0 Å². The average molecular weight is 363 g/mol. The summed E-state index contributed by atoms with van der Waals surface area (Å²) in [5.74, 6) is 0.646. The Morgan fingerprint density at radius 2 is 1.80 bits per heavy atom. The largest absolute Gasteiger partial charge is 0.497 e. The molecule has 132 valence electrons. The summed E-state index contributed by atoms with van der Waals surface area (Å²) < 4.78 is 10.6. The van der Waals surface area contributed by atoms with Crippen LogP contribution >= 0.6 is 11.6 Å². The normalized spacial score (nSPS) is 10.0. The van der Waals surface area contributed by atoms with Gasteiger partial charge in [-0.3, -0.25) is 9.59 Å². The van der Waals surface area contributed by atoms with Gasteiger partial charge in [0.25, 0.3) is 5.91 Å². The quantitative estimate of drug-likeness (QED) is 0.706. The van der Waals surface area contributed by atoms with Gasteiger partial charge in [-0.05, 0) is 24.3 Å². The van der Waals surface area contributed by atoms with E-state index in [1.165, 1.54) is 0 Å². The molecule has 0 aromatic heterocycles. The van der Waals surface area contributed by atoms with Crippen molar-refractivity contribution in [2.45, 2.75) is 0 Å². The molecule has 2 amide bonds. The van der Waals surface area contributed by atoms with Gasteiger partial charge in [0, 0.05) is 6.07 Å². The molecule has 0 spiro atoms. The number of benzene rings is 2. The van der Waals surface area contributed by atoms with Crippen LogP contribution < -0.4 is 20.1 Å². The van der Waals surface area contributed by atoms with Gasteiger partial charge in [-0.1, -0.05) is 29.8 Å². The summed E-state index contributed by atoms with van der Waals surface area (Å²) >= 11 is 5.93. The number of rotatable bonds is 8. The van der Waals surface area contributed by atoms with Crippen LogP contribution in [0.5, 0.6) is 11.5 Å². The molecule has 2 aromatic carbocycles. The van der Waals surface area contributed by atoms with Crippen molar-refractivity contribution in [3.8, 4) is 11.5 Å². The molecule has 0 atom stereocenters. The fourth-order valence-corrected chi connectivity index (χ4v) is 2.24. The first-order chi connectivity index (χ1) is 12.1. The van der Waals surface area contributed by atoms with E-state index < -0.39 is 5.91 Å². The van der Waals surface area contributed by atoms with Crippen LogP contribution in [-0.2, 0) is 4.79 Å². The number of hydrogen-bond acceptors (Lipinski definition) is 4. The Hall–Kier alpha value is -2.73. The monoisotopic (exact) mass is 362 g/mol. The van der Waals surface area contributed by atoms with Gasteiger partial charge in [-0.15, -0.1) is 0 Å². The number of ether oxygens (including phenoxy) is 2. The number of carbonyl (C=O) groups excluding carboxylic acids is 2. The Morgan fingerprint density at radius 1 is 1.04 bits per heavy atom. The topological polar surface area (TPSA) is 76.7 Å². The molecular formula is C18H19ClN2O4. The molecule has 7 heteroatoms. The Kier molecular flexibility index (Phi) is 7.10. The second-order valence-electron chi connectivity index (χ2n) is 5.04. The molecule has 2 aromatic rings. The van der Waals surface area contributed by atoms with E-state index in [1.54, 1.807) is 43.5 Å². The highest BCUT2D eigenvalue weighted by Gasteiger charge is 2.10. The lowest BCUT2D eigenvalue weighted by atomic mass is 10.2. The van der Waals surface area contributed by atoms with Crippen molar-refractivity contribution in [1.82, 2.24) is 10.6 Å². The van der Waals surface area contributed by atoms with Crippen LogP contribution in [0.4, 0.5) is 0 Å². The van der Waals surface area contributed by atoms with Crippen molar-refractivity contribution in [3.63, 3.8) is 0 Å². The number of amides is 2. The Balaban J connectivity index is 1.67. The van der Waals surface area contributed by atoms with Crippen molar-refractivity contribution in [2.24, 2.45) is 0 Å². The highest BCUT2D eigenvalue weighted by Crippen LogP contribution is 2.18. The van der Waals surface area contributed by atoms with Gasteiger partial charge in [0.1, 0.15) is 18.1 Å². The molecule has 0 aliphatic carbocycles. The fraction of sp³-hybridized carbons (Fsp3) is 0.222. The maximum Gasteiger partial charge on any atom is 0.253 e. The molecule has 2 rings (SSSR count). The van der Waals surface area contributed by atoms with Gasteiger partial charge < -0.3 is 20.1 Å². The predicted octanol–water partition coefficient (Wildman–Crippen LogP) is 2.27. The standard InChI is InChI=1S/C18H19ClN2O4/c1-24-13-5-4-6-14(11-13)25-10-9-20-17(22)12-21-18(23)15-7-2-3-8-16(15)19/h2-8,11H,9-10,12H2,1H3,(H,20,22)(H,21,23). The second kappa shape index (κ2) is 9.54. The summed E-state index contributed by atoms with van der Waals surface area (Å²) in [5.41, 5.74) is 0.332. The number of hydrogen-bond donors (Lipinski definition) is 2. The van der Waals surface area contributed by atoms with Gasteiger partial charge in [-0.2, -0.15) is 0 Å². The zero-order valence-corrected chi connectivity index (χ0v) is 14.5. The van der Waals surface area contributed by atoms with Crippen LogP contribution in [0.1, 0.15) is 10.4 Å². The molecule has 6 nitrogen and oxygen atoms in total. The lowest BCUT2D eigenvalue weighted by Crippen LogP contribution is -2.38. The third kappa shape index (κ3) is 6.00. The summed E-state index contributed by atoms with van der Waals surface area (Å²) in [5, 5.41) is 5.52. The molecule has 0 radical (unpaired) electrons. The van der Waals surface area contributed by atoms with Crippen LogP contribution in [0.3, 0.4) is 0 Å². The third-order valence-corrected chi connectivity index (χ3v) is 3.59. The summed E-state index contributed by atoms with van der Waals surface area (Å²) in [6, 6.07) is 13.8. The highest BCUT2D eigenvalue weighted by molar-refractivity contribution is 6.33. The Bertz CT molecular complexity index is 737. The molecule has 0 aliphatic rings. The minimum atomic E-state index is -0.395. The first-order valence-corrected chi connectivity index (χ1v) is 8.04. The van der Waals surface area contributed by atoms with E-state index in [0.717, 1.165) is 0 Å². The van der Waals surface area contributed by atoms with E-state index in [0.29, 0.717) is 35.2 Å². The minimum absolute atomic E-state index is 0.136. The number of methoxy groups -OCH3 is 1. The van der Waals surface area contributed by atoms with Crippen LogP contribution in [0, 0.1) is 0 Å². The van der Waals surface area contributed by atoms with Gasteiger partial charge in [0.15, 0.2) is 0 Å². The van der Waals surface area contributed by atoms with Crippen LogP contribution in [0.2, 0.25) is 5.02 Å². The van der Waals surface area contributed by atoms with E-state index in [2.05, 4.69) is 10.6 Å². The number of halogens is 1. The van der Waals surface area contributed by atoms with E-state index >= 15 is 0 Å². The van der Waals surface area contributed by atoms with Crippen LogP contribution in [0.25, 0.3) is 0 Å². The first kappa shape index (κ1) is 18.6. The molecule has 25 heavy (non-hydrogen) atoms. The maximum atomic E-state index is 11.9. The molecular weight excluding hydrogens is 344 g/mol. The fourth-order valence-electron chi connectivity index (χ4n) is 2.01. The van der Waals surface area contributed by atoms with Gasteiger partial charge >= 0.3 is 0 Å². The van der Waals surface area contributed by atoms with E-state index in [-0.39, 0.29) is 12.5 Å². The number of carbonyl (C=O) groups is 2. The van der Waals surface area contributed by atoms with Crippen molar-refractivity contribution in [2.75, 3.05) is 26.8 Å². The SMILES string of the molecule is COc1cccc(OCCNC(=O)CNC(=O)c2ccccc2Cl)c1. The molecule has 0 unspecified atom stereocenters. The summed E-state index contributed by atoms with van der Waals surface area (Å²) in [4.78, 5) is 23.7. The van der Waals surface area contributed by atoms with Crippen molar-refractivity contribution in [1.29, 1.82) is 0 Å². The third-order valence-electron chi connectivity index (χ3n) is 3.26. The zero-order chi connectivity index (χ0) is 18.1. The van der Waals surface area contributed by atoms with Gasteiger partial charge in [0.05, 0.1) is 30.8 Å². The summed E-state index contributed by atoms with van der Waals surface area (Å²) in [7, 11) is 1.58. The maximum absolute atomic E-state index is 11.9. The molecule has 0 aliphatic heterocycles. The minimum Gasteiger partial charge on any atom is -0.497 e. The molecule has 0 saturated heterocycles. The average Bonchev–Trinajstić information content (AvgIpc) is 2.64. The first-order valence-electron chi connectivity index (χ1n) is 7.66. The molecule has 0 heterocycles. The van der Waals surface area contributed by atoms with E-state index in [1.807, 2.05) is 12.1 Å². The molecule has 0 saturated carbocycles. The van der Waals surface area contributed by atoms with Crippen LogP contribution in [-0.4, -0.2) is 38.6 Å². The van der Waals surface area contributed by atoms with Crippen LogP contribution in [0.15, 0.2) is 48.5 Å². The van der Waals surface area contributed by atoms with Crippen molar-refractivity contribution >= 4 is 23.4 Å². The zero-order valence-electron chi connectivity index (χ0n) is 13.8. The second-order valence-corrected chi connectivity index (χ2v) is 5.45. The smallest absolute Gasteiger partial charge is 0.253 e. The molecule has 0 bridgehead atoms. The predicted molar refractivity (Wildman–Crippen MR) is 95.3 cm³/mol. The van der Waals surface area contributed by atoms with E-state index in [9.17, 15) is 9.59 Å². The van der Waals surface area contributed by atoms with Crippen molar-refractivity contribution < 1.29 is 19.1 Å². The highest BCUT2D eigenvalue weighted by atomic mass is 35.5. The number of nitrogens with one attached hydrogen (secondary N) is 2. The van der Waals surface area contributed by atoms with Gasteiger partial charge in [0.2, 0.25) is 5.91 Å². The Labute approximate surface area is 151 Å². The summed E-state index contributed by atoms with van der Waals surface area (Å²) in [6.07, 6.45) is 0. The summed E-state index contributed by atoms with van der Waals surface area (Å²) in [6.45, 7) is 0.485. The van der Waals surface area contributed by atoms with E-state index in [4.69, 9.17) is 21.1 Å². The molecule has 2 N–H and O–H groups in total.